The summed E-state index contributed by atoms with van der Waals surface area (Å²) in [5.41, 5.74) is 3.42. The van der Waals surface area contributed by atoms with Crippen molar-refractivity contribution < 1.29 is 0 Å². The maximum absolute atomic E-state index is 13.3. The van der Waals surface area contributed by atoms with Gasteiger partial charge in [-0.2, -0.15) is 5.10 Å². The SMILES string of the molecule is CC(C)Cn1c(=O)n(C)c(=O)c2c(Nc3ccccc3)n(Cc3ccc(-c4ccccn4)cc3)nc21. The zero-order valence-electron chi connectivity index (χ0n) is 20.5. The highest BCUT2D eigenvalue weighted by Gasteiger charge is 2.22. The standard InChI is InChI=1S/C28H28N6O2/c1-19(2)17-33-26-24(27(35)32(3)28(33)36)25(30-22-9-5-4-6-10-22)34(31-26)18-20-12-14-21(15-13-20)23-11-7-8-16-29-23/h4-16,19,30H,17-18H2,1-3H3. The lowest BCUT2D eigenvalue weighted by molar-refractivity contribution is 0.498. The molecule has 0 aliphatic heterocycles. The highest BCUT2D eigenvalue weighted by atomic mass is 16.2. The van der Waals surface area contributed by atoms with E-state index in [1.807, 2.05) is 86.6 Å². The van der Waals surface area contributed by atoms with E-state index < -0.39 is 0 Å². The van der Waals surface area contributed by atoms with Crippen LogP contribution in [0.5, 0.6) is 0 Å². The molecule has 8 heteroatoms. The molecule has 5 rings (SSSR count). The van der Waals surface area contributed by atoms with Gasteiger partial charge in [0, 0.05) is 31.0 Å². The first kappa shape index (κ1) is 23.3. The number of anilines is 2. The van der Waals surface area contributed by atoms with Gasteiger partial charge in [-0.05, 0) is 35.7 Å². The Balaban J connectivity index is 1.64. The van der Waals surface area contributed by atoms with Gasteiger partial charge in [-0.15, -0.1) is 0 Å². The first-order chi connectivity index (χ1) is 17.4. The number of benzene rings is 2. The predicted molar refractivity (Wildman–Crippen MR) is 143 cm³/mol. The molecule has 0 unspecified atom stereocenters. The first-order valence-electron chi connectivity index (χ1n) is 11.9. The molecule has 0 aliphatic carbocycles. The summed E-state index contributed by atoms with van der Waals surface area (Å²) in [5.74, 6) is 0.765. The van der Waals surface area contributed by atoms with Crippen molar-refractivity contribution >= 4 is 22.5 Å². The van der Waals surface area contributed by atoms with Crippen LogP contribution in [0.25, 0.3) is 22.3 Å². The molecule has 0 aliphatic rings. The van der Waals surface area contributed by atoms with Crippen LogP contribution in [0.4, 0.5) is 11.5 Å². The lowest BCUT2D eigenvalue weighted by atomic mass is 10.1. The summed E-state index contributed by atoms with van der Waals surface area (Å²) in [7, 11) is 1.51. The van der Waals surface area contributed by atoms with Crippen LogP contribution < -0.4 is 16.6 Å². The van der Waals surface area contributed by atoms with Gasteiger partial charge in [-0.25, -0.2) is 9.48 Å². The normalized spacial score (nSPS) is 11.3. The number of aromatic nitrogens is 5. The molecule has 0 spiro atoms. The largest absolute Gasteiger partial charge is 0.340 e. The van der Waals surface area contributed by atoms with Gasteiger partial charge < -0.3 is 5.32 Å². The van der Waals surface area contributed by atoms with Gasteiger partial charge in [0.25, 0.3) is 5.56 Å². The molecule has 8 nitrogen and oxygen atoms in total. The number of para-hydroxylation sites is 1. The van der Waals surface area contributed by atoms with Crippen LogP contribution in [-0.2, 0) is 20.1 Å². The Morgan fingerprint density at radius 1 is 0.917 bits per heavy atom. The number of hydrogen-bond acceptors (Lipinski definition) is 5. The minimum atomic E-state index is -0.370. The Labute approximate surface area is 208 Å². The van der Waals surface area contributed by atoms with Gasteiger partial charge in [0.1, 0.15) is 11.2 Å². The molecule has 0 saturated heterocycles. The van der Waals surface area contributed by atoms with Crippen molar-refractivity contribution in [1.29, 1.82) is 0 Å². The van der Waals surface area contributed by atoms with E-state index in [0.29, 0.717) is 29.9 Å². The Morgan fingerprint density at radius 3 is 2.31 bits per heavy atom. The summed E-state index contributed by atoms with van der Waals surface area (Å²) in [6, 6.07) is 23.6. The van der Waals surface area contributed by atoms with Crippen molar-refractivity contribution in [3.63, 3.8) is 0 Å². The van der Waals surface area contributed by atoms with Crippen molar-refractivity contribution in [1.82, 2.24) is 23.9 Å². The second kappa shape index (κ2) is 9.65. The zero-order chi connectivity index (χ0) is 25.2. The highest BCUT2D eigenvalue weighted by molar-refractivity contribution is 5.89. The topological polar surface area (TPSA) is 86.7 Å². The molecule has 36 heavy (non-hydrogen) atoms. The van der Waals surface area contributed by atoms with E-state index >= 15 is 0 Å². The Hall–Kier alpha value is -4.46. The molecular formula is C28H28N6O2. The fraction of sp³-hybridized carbons (Fsp3) is 0.214. The van der Waals surface area contributed by atoms with Gasteiger partial charge in [0.2, 0.25) is 0 Å². The molecule has 0 radical (unpaired) electrons. The minimum Gasteiger partial charge on any atom is -0.340 e. The number of nitrogens with one attached hydrogen (secondary N) is 1. The van der Waals surface area contributed by atoms with Gasteiger partial charge in [-0.3, -0.25) is 18.9 Å². The van der Waals surface area contributed by atoms with E-state index in [4.69, 9.17) is 5.10 Å². The lowest BCUT2D eigenvalue weighted by Crippen LogP contribution is -2.38. The summed E-state index contributed by atoms with van der Waals surface area (Å²) in [5, 5.41) is 8.57. The number of pyridine rings is 1. The third kappa shape index (κ3) is 4.45. The third-order valence-electron chi connectivity index (χ3n) is 6.06. The van der Waals surface area contributed by atoms with Gasteiger partial charge in [0.15, 0.2) is 5.65 Å². The van der Waals surface area contributed by atoms with Crippen LogP contribution in [0.1, 0.15) is 19.4 Å². The molecule has 0 fully saturated rings. The second-order valence-corrected chi connectivity index (χ2v) is 9.26. The second-order valence-electron chi connectivity index (χ2n) is 9.26. The fourth-order valence-electron chi connectivity index (χ4n) is 4.28. The summed E-state index contributed by atoms with van der Waals surface area (Å²) >= 11 is 0. The molecule has 1 N–H and O–H groups in total. The number of hydrogen-bond donors (Lipinski definition) is 1. The van der Waals surface area contributed by atoms with E-state index in [2.05, 4.69) is 10.3 Å². The summed E-state index contributed by atoms with van der Waals surface area (Å²) in [6.45, 7) is 4.95. The van der Waals surface area contributed by atoms with E-state index in [0.717, 1.165) is 27.1 Å². The van der Waals surface area contributed by atoms with Crippen molar-refractivity contribution in [3.05, 3.63) is 105 Å². The summed E-state index contributed by atoms with van der Waals surface area (Å²) in [4.78, 5) is 30.7. The Morgan fingerprint density at radius 2 is 1.64 bits per heavy atom. The monoisotopic (exact) mass is 480 g/mol. The molecule has 0 amide bonds. The molecule has 0 bridgehead atoms. The number of rotatable bonds is 7. The predicted octanol–water partition coefficient (Wildman–Crippen LogP) is 4.41. The smallest absolute Gasteiger partial charge is 0.332 e. The van der Waals surface area contributed by atoms with Crippen molar-refractivity contribution in [3.8, 4) is 11.3 Å². The average Bonchev–Trinajstić information content (AvgIpc) is 3.24. The van der Waals surface area contributed by atoms with E-state index in [-0.39, 0.29) is 17.2 Å². The average molecular weight is 481 g/mol. The van der Waals surface area contributed by atoms with E-state index in [1.165, 1.54) is 7.05 Å². The van der Waals surface area contributed by atoms with Crippen LogP contribution >= 0.6 is 0 Å². The zero-order valence-corrected chi connectivity index (χ0v) is 20.5. The molecule has 2 aromatic carbocycles. The number of nitrogens with zero attached hydrogens (tertiary/aromatic N) is 5. The Kier molecular flexibility index (Phi) is 6.25. The maximum Gasteiger partial charge on any atom is 0.332 e. The van der Waals surface area contributed by atoms with Gasteiger partial charge in [0.05, 0.1) is 12.2 Å². The van der Waals surface area contributed by atoms with Crippen LogP contribution in [0.15, 0.2) is 88.6 Å². The van der Waals surface area contributed by atoms with Gasteiger partial charge >= 0.3 is 5.69 Å². The summed E-state index contributed by atoms with van der Waals surface area (Å²) in [6.07, 6.45) is 1.78. The quantitative estimate of drug-likeness (QED) is 0.373. The van der Waals surface area contributed by atoms with Crippen LogP contribution in [0, 0.1) is 5.92 Å². The highest BCUT2D eigenvalue weighted by Crippen LogP contribution is 2.26. The summed E-state index contributed by atoms with van der Waals surface area (Å²) < 4.78 is 4.53. The van der Waals surface area contributed by atoms with Crippen molar-refractivity contribution in [2.75, 3.05) is 5.32 Å². The van der Waals surface area contributed by atoms with Gasteiger partial charge in [-0.1, -0.05) is 62.4 Å². The van der Waals surface area contributed by atoms with E-state index in [1.54, 1.807) is 15.4 Å². The van der Waals surface area contributed by atoms with E-state index in [9.17, 15) is 9.59 Å². The molecule has 3 heterocycles. The van der Waals surface area contributed by atoms with Crippen molar-refractivity contribution in [2.45, 2.75) is 26.9 Å². The molecule has 182 valence electrons. The minimum absolute atomic E-state index is 0.207. The Bertz CT molecular complexity index is 1620. The lowest BCUT2D eigenvalue weighted by Gasteiger charge is -2.12. The molecule has 3 aromatic heterocycles. The van der Waals surface area contributed by atoms with Crippen LogP contribution in [0.2, 0.25) is 0 Å². The van der Waals surface area contributed by atoms with Crippen molar-refractivity contribution in [2.24, 2.45) is 13.0 Å². The molecule has 5 aromatic rings. The van der Waals surface area contributed by atoms with Crippen LogP contribution in [-0.4, -0.2) is 23.9 Å². The molecule has 0 atom stereocenters. The third-order valence-corrected chi connectivity index (χ3v) is 6.06. The molecule has 0 saturated carbocycles. The fourth-order valence-corrected chi connectivity index (χ4v) is 4.28. The number of fused-ring (bicyclic) bond motifs is 1. The first-order valence-corrected chi connectivity index (χ1v) is 11.9. The van der Waals surface area contributed by atoms with Crippen LogP contribution in [0.3, 0.4) is 0 Å². The maximum atomic E-state index is 13.3. The molecular weight excluding hydrogens is 452 g/mol.